The second-order valence-corrected chi connectivity index (χ2v) is 8.49. The molecule has 4 heterocycles. The van der Waals surface area contributed by atoms with E-state index in [2.05, 4.69) is 61.9 Å². The van der Waals surface area contributed by atoms with E-state index in [0.29, 0.717) is 12.5 Å². The number of alkyl halides is 1. The summed E-state index contributed by atoms with van der Waals surface area (Å²) in [5, 5.41) is 14.9. The summed E-state index contributed by atoms with van der Waals surface area (Å²) in [4.78, 5) is 4.69. The highest BCUT2D eigenvalue weighted by molar-refractivity contribution is 5.65. The van der Waals surface area contributed by atoms with Gasteiger partial charge >= 0.3 is 0 Å². The summed E-state index contributed by atoms with van der Waals surface area (Å²) in [7, 11) is 0. The lowest BCUT2D eigenvalue weighted by molar-refractivity contribution is 0.274. The van der Waals surface area contributed by atoms with Crippen molar-refractivity contribution < 1.29 is 4.39 Å². The minimum absolute atomic E-state index is 0.335. The zero-order valence-electron chi connectivity index (χ0n) is 17.5. The quantitative estimate of drug-likeness (QED) is 0.730. The molecule has 0 aliphatic carbocycles. The number of fused-ring (bicyclic) bond motifs is 1. The smallest absolute Gasteiger partial charge is 0.109 e. The number of anilines is 2. The Hall–Kier alpha value is -2.90. The summed E-state index contributed by atoms with van der Waals surface area (Å²) in [5.74, 6) is 0.531. The molecule has 1 atom stereocenters. The molecule has 0 radical (unpaired) electrons. The molecule has 0 amide bonds. The zero-order valence-corrected chi connectivity index (χ0v) is 17.5. The van der Waals surface area contributed by atoms with E-state index in [1.54, 1.807) is 4.68 Å². The predicted molar refractivity (Wildman–Crippen MR) is 115 cm³/mol. The summed E-state index contributed by atoms with van der Waals surface area (Å²) in [6.45, 7) is 11.7. The van der Waals surface area contributed by atoms with Gasteiger partial charge in [0.15, 0.2) is 0 Å². The third-order valence-corrected chi connectivity index (χ3v) is 6.24. The first kappa shape index (κ1) is 19.1. The number of aromatic nitrogens is 2. The van der Waals surface area contributed by atoms with E-state index in [9.17, 15) is 4.39 Å². The zero-order chi connectivity index (χ0) is 20.7. The molecule has 2 aromatic rings. The molecule has 7 nitrogen and oxygen atoms in total. The van der Waals surface area contributed by atoms with Crippen molar-refractivity contribution in [2.45, 2.75) is 33.0 Å². The van der Waals surface area contributed by atoms with Crippen molar-refractivity contribution in [1.29, 1.82) is 0 Å². The summed E-state index contributed by atoms with van der Waals surface area (Å²) in [6.07, 6.45) is 2.98. The molecule has 8 heteroatoms. The minimum Gasteiger partial charge on any atom is -0.361 e. The highest BCUT2D eigenvalue weighted by atomic mass is 19.1. The highest BCUT2D eigenvalue weighted by Gasteiger charge is 2.30. The van der Waals surface area contributed by atoms with Crippen LogP contribution in [0, 0.1) is 12.8 Å². The van der Waals surface area contributed by atoms with Gasteiger partial charge in [0.05, 0.1) is 31.9 Å². The SMILES string of the molecule is C=C1CC(CN2CCN=N2)CN1c1ccc(N2Cc3cn(CCF)nc3C2)cc1C. The lowest BCUT2D eigenvalue weighted by Gasteiger charge is -2.25. The maximum absolute atomic E-state index is 12.6. The molecule has 158 valence electrons. The number of benzene rings is 1. The van der Waals surface area contributed by atoms with Crippen molar-refractivity contribution in [3.8, 4) is 0 Å². The fourth-order valence-electron chi connectivity index (χ4n) is 4.78. The predicted octanol–water partition coefficient (Wildman–Crippen LogP) is 3.70. The van der Waals surface area contributed by atoms with Crippen LogP contribution in [0.5, 0.6) is 0 Å². The molecular formula is C22H28FN7. The van der Waals surface area contributed by atoms with Crippen molar-refractivity contribution in [2.24, 2.45) is 16.3 Å². The van der Waals surface area contributed by atoms with Crippen LogP contribution in [-0.4, -0.2) is 47.6 Å². The number of hydrogen-bond donors (Lipinski definition) is 0. The second-order valence-electron chi connectivity index (χ2n) is 8.49. The number of hydrogen-bond acceptors (Lipinski definition) is 6. The van der Waals surface area contributed by atoms with Gasteiger partial charge in [-0.25, -0.2) is 4.39 Å². The third kappa shape index (κ3) is 3.55. The molecule has 3 aliphatic heterocycles. The molecule has 0 spiro atoms. The normalized spacial score (nSPS) is 20.7. The molecular weight excluding hydrogens is 381 g/mol. The average molecular weight is 410 g/mol. The number of nitrogens with zero attached hydrogens (tertiary/aromatic N) is 7. The Morgan fingerprint density at radius 1 is 1.27 bits per heavy atom. The Morgan fingerprint density at radius 3 is 2.90 bits per heavy atom. The molecule has 3 aliphatic rings. The highest BCUT2D eigenvalue weighted by Crippen LogP contribution is 2.36. The van der Waals surface area contributed by atoms with Crippen molar-refractivity contribution in [2.75, 3.05) is 42.7 Å². The number of rotatable bonds is 6. The Labute approximate surface area is 176 Å². The largest absolute Gasteiger partial charge is 0.361 e. The molecule has 1 fully saturated rings. The first-order chi connectivity index (χ1) is 14.6. The molecule has 30 heavy (non-hydrogen) atoms. The summed E-state index contributed by atoms with van der Waals surface area (Å²) in [6, 6.07) is 6.67. The van der Waals surface area contributed by atoms with Gasteiger partial charge < -0.3 is 9.80 Å². The monoisotopic (exact) mass is 409 g/mol. The topological polar surface area (TPSA) is 52.3 Å². The van der Waals surface area contributed by atoms with Gasteiger partial charge in [-0.1, -0.05) is 11.8 Å². The molecule has 5 rings (SSSR count). The van der Waals surface area contributed by atoms with Crippen molar-refractivity contribution in [1.82, 2.24) is 14.8 Å². The van der Waals surface area contributed by atoms with Gasteiger partial charge in [-0.15, -0.1) is 0 Å². The standard InChI is InChI=1S/C22H28FN7/c1-16-9-20(27-13-19-14-28(7-5-23)25-21(19)15-27)3-4-22(16)30-12-18(10-17(30)2)11-29-8-6-24-26-29/h3-4,9,14,18H,2,5-8,10-13,15H2,1H3. The van der Waals surface area contributed by atoms with Crippen LogP contribution >= 0.6 is 0 Å². The van der Waals surface area contributed by atoms with Gasteiger partial charge in [-0.05, 0) is 37.1 Å². The van der Waals surface area contributed by atoms with E-state index in [4.69, 9.17) is 0 Å². The third-order valence-electron chi connectivity index (χ3n) is 6.24. The Balaban J connectivity index is 1.26. The van der Waals surface area contributed by atoms with Crippen LogP contribution in [0.2, 0.25) is 0 Å². The summed E-state index contributed by atoms with van der Waals surface area (Å²) < 4.78 is 14.3. The molecule has 1 unspecified atom stereocenters. The number of allylic oxidation sites excluding steroid dienone is 1. The Morgan fingerprint density at radius 2 is 2.17 bits per heavy atom. The molecule has 0 saturated carbocycles. The number of aryl methyl sites for hydroxylation is 2. The lowest BCUT2D eigenvalue weighted by Crippen LogP contribution is -2.27. The first-order valence-corrected chi connectivity index (χ1v) is 10.6. The lowest BCUT2D eigenvalue weighted by atomic mass is 10.1. The van der Waals surface area contributed by atoms with Crippen molar-refractivity contribution in [3.63, 3.8) is 0 Å². The van der Waals surface area contributed by atoms with Crippen LogP contribution in [0.15, 0.2) is 47.0 Å². The van der Waals surface area contributed by atoms with Crippen LogP contribution in [0.3, 0.4) is 0 Å². The molecule has 1 aromatic carbocycles. The van der Waals surface area contributed by atoms with E-state index in [1.165, 1.54) is 28.2 Å². The van der Waals surface area contributed by atoms with Crippen LogP contribution in [0.1, 0.15) is 23.2 Å². The van der Waals surface area contributed by atoms with Gasteiger partial charge in [-0.2, -0.15) is 10.2 Å². The van der Waals surface area contributed by atoms with E-state index in [-0.39, 0.29) is 6.67 Å². The van der Waals surface area contributed by atoms with Crippen molar-refractivity contribution >= 4 is 11.4 Å². The summed E-state index contributed by atoms with van der Waals surface area (Å²) in [5.41, 5.74) is 7.11. The van der Waals surface area contributed by atoms with Crippen molar-refractivity contribution in [3.05, 3.63) is 53.5 Å². The Bertz CT molecular complexity index is 958. The van der Waals surface area contributed by atoms with Crippen LogP contribution < -0.4 is 9.80 Å². The maximum Gasteiger partial charge on any atom is 0.109 e. The first-order valence-electron chi connectivity index (χ1n) is 10.6. The Kier molecular flexibility index (Phi) is 4.92. The van der Waals surface area contributed by atoms with E-state index < -0.39 is 0 Å². The van der Waals surface area contributed by atoms with Crippen LogP contribution in [0.4, 0.5) is 15.8 Å². The molecule has 1 saturated heterocycles. The van der Waals surface area contributed by atoms with E-state index in [0.717, 1.165) is 51.4 Å². The van der Waals surface area contributed by atoms with Crippen LogP contribution in [0.25, 0.3) is 0 Å². The van der Waals surface area contributed by atoms with Gasteiger partial charge in [-0.3, -0.25) is 9.69 Å². The molecule has 1 aromatic heterocycles. The second kappa shape index (κ2) is 7.74. The van der Waals surface area contributed by atoms with Gasteiger partial charge in [0, 0.05) is 54.4 Å². The number of halogens is 1. The van der Waals surface area contributed by atoms with E-state index in [1.807, 2.05) is 6.20 Å². The fraction of sp³-hybridized carbons (Fsp3) is 0.500. The fourth-order valence-corrected chi connectivity index (χ4v) is 4.78. The van der Waals surface area contributed by atoms with Crippen LogP contribution in [-0.2, 0) is 19.6 Å². The average Bonchev–Trinajstić information content (AvgIpc) is 3.47. The van der Waals surface area contributed by atoms with Gasteiger partial charge in [0.1, 0.15) is 6.67 Å². The van der Waals surface area contributed by atoms with E-state index >= 15 is 0 Å². The minimum atomic E-state index is -0.379. The maximum atomic E-state index is 12.6. The van der Waals surface area contributed by atoms with Gasteiger partial charge in [0.25, 0.3) is 0 Å². The molecule has 0 bridgehead atoms. The summed E-state index contributed by atoms with van der Waals surface area (Å²) >= 11 is 0. The molecule has 0 N–H and O–H groups in total. The van der Waals surface area contributed by atoms with Gasteiger partial charge in [0.2, 0.25) is 0 Å².